The molecule has 1 atom stereocenters. The molecule has 6 nitrogen and oxygen atoms in total. The molecule has 25 heavy (non-hydrogen) atoms. The summed E-state index contributed by atoms with van der Waals surface area (Å²) in [7, 11) is 1.56. The molecule has 1 fully saturated rings. The molecule has 3 rings (SSSR count). The highest BCUT2D eigenvalue weighted by atomic mass is 19.1. The fourth-order valence-electron chi connectivity index (χ4n) is 2.72. The summed E-state index contributed by atoms with van der Waals surface area (Å²) in [6, 6.07) is 11.7. The van der Waals surface area contributed by atoms with E-state index in [2.05, 4.69) is 10.6 Å². The van der Waals surface area contributed by atoms with Gasteiger partial charge in [-0.15, -0.1) is 0 Å². The number of carbonyl (C=O) groups excluding carboxylic acids is 2. The molecule has 0 aliphatic carbocycles. The zero-order chi connectivity index (χ0) is 17.8. The first kappa shape index (κ1) is 16.8. The number of rotatable bonds is 4. The number of halogens is 1. The van der Waals surface area contributed by atoms with Crippen molar-refractivity contribution in [3.63, 3.8) is 0 Å². The normalized spacial score (nSPS) is 16.6. The fourth-order valence-corrected chi connectivity index (χ4v) is 2.72. The summed E-state index contributed by atoms with van der Waals surface area (Å²) in [6.45, 7) is 0.354. The molecule has 130 valence electrons. The van der Waals surface area contributed by atoms with E-state index < -0.39 is 17.9 Å². The molecule has 0 spiro atoms. The number of para-hydroxylation sites is 1. The van der Waals surface area contributed by atoms with Crippen LogP contribution >= 0.6 is 0 Å². The third-order valence-electron chi connectivity index (χ3n) is 4.00. The van der Waals surface area contributed by atoms with Crippen molar-refractivity contribution in [2.45, 2.75) is 12.5 Å². The minimum Gasteiger partial charge on any atom is -0.497 e. The molecule has 2 aromatic carbocycles. The number of nitrogens with zero attached hydrogens (tertiary/aromatic N) is 1. The number of anilines is 2. The Balaban J connectivity index is 1.60. The van der Waals surface area contributed by atoms with Gasteiger partial charge < -0.3 is 20.3 Å². The van der Waals surface area contributed by atoms with E-state index in [-0.39, 0.29) is 11.6 Å². The number of benzene rings is 2. The Labute approximate surface area is 144 Å². The molecule has 2 N–H and O–H groups in total. The van der Waals surface area contributed by atoms with E-state index in [0.29, 0.717) is 24.4 Å². The van der Waals surface area contributed by atoms with E-state index in [1.807, 2.05) is 0 Å². The first-order chi connectivity index (χ1) is 12.1. The Bertz CT molecular complexity index is 779. The Kier molecular flexibility index (Phi) is 4.83. The van der Waals surface area contributed by atoms with E-state index in [4.69, 9.17) is 4.74 Å². The van der Waals surface area contributed by atoms with Gasteiger partial charge in [0, 0.05) is 12.2 Å². The second-order valence-corrected chi connectivity index (χ2v) is 5.61. The average molecular weight is 343 g/mol. The van der Waals surface area contributed by atoms with Gasteiger partial charge in [0.1, 0.15) is 17.6 Å². The highest BCUT2D eigenvalue weighted by Gasteiger charge is 2.34. The molecule has 3 amide bonds. The van der Waals surface area contributed by atoms with E-state index >= 15 is 0 Å². The van der Waals surface area contributed by atoms with Crippen LogP contribution in [0.4, 0.5) is 20.6 Å². The molecule has 1 saturated heterocycles. The van der Waals surface area contributed by atoms with Crippen molar-refractivity contribution in [3.05, 3.63) is 54.3 Å². The van der Waals surface area contributed by atoms with Gasteiger partial charge in [-0.1, -0.05) is 12.1 Å². The molecule has 0 bridgehead atoms. The molecule has 2 aromatic rings. The average Bonchev–Trinajstić information content (AvgIpc) is 2.96. The van der Waals surface area contributed by atoms with E-state index in [1.54, 1.807) is 49.6 Å². The summed E-state index contributed by atoms with van der Waals surface area (Å²) in [5.74, 6) is -0.105. The monoisotopic (exact) mass is 343 g/mol. The van der Waals surface area contributed by atoms with Gasteiger partial charge in [-0.3, -0.25) is 4.79 Å². The van der Waals surface area contributed by atoms with Gasteiger partial charge in [-0.05, 0) is 42.8 Å². The van der Waals surface area contributed by atoms with Crippen LogP contribution in [0.25, 0.3) is 0 Å². The van der Waals surface area contributed by atoms with Crippen LogP contribution in [-0.4, -0.2) is 31.6 Å². The maximum Gasteiger partial charge on any atom is 0.319 e. The third kappa shape index (κ3) is 3.71. The molecule has 0 radical (unpaired) electrons. The van der Waals surface area contributed by atoms with Crippen molar-refractivity contribution >= 4 is 23.3 Å². The van der Waals surface area contributed by atoms with Gasteiger partial charge in [0.05, 0.1) is 12.8 Å². The van der Waals surface area contributed by atoms with Crippen molar-refractivity contribution < 1.29 is 18.7 Å². The molecule has 0 saturated carbocycles. The van der Waals surface area contributed by atoms with Crippen LogP contribution in [-0.2, 0) is 4.79 Å². The molecule has 1 aliphatic rings. The first-order valence-electron chi connectivity index (χ1n) is 7.86. The molecule has 1 unspecified atom stereocenters. The topological polar surface area (TPSA) is 70.7 Å². The zero-order valence-corrected chi connectivity index (χ0v) is 13.7. The number of urea groups is 1. The Morgan fingerprint density at radius 2 is 1.92 bits per heavy atom. The lowest BCUT2D eigenvalue weighted by atomic mass is 10.2. The Hall–Kier alpha value is -3.09. The SMILES string of the molecule is COc1ccc(NC(=O)NC2CCN(c3ccccc3F)C2=O)cc1. The molecular weight excluding hydrogens is 325 g/mol. The summed E-state index contributed by atoms with van der Waals surface area (Å²) in [5, 5.41) is 5.29. The number of amides is 3. The highest BCUT2D eigenvalue weighted by Crippen LogP contribution is 2.24. The summed E-state index contributed by atoms with van der Waals surface area (Å²) in [5.41, 5.74) is 0.807. The molecule has 7 heteroatoms. The second kappa shape index (κ2) is 7.21. The van der Waals surface area contributed by atoms with Crippen LogP contribution in [0.3, 0.4) is 0 Å². The van der Waals surface area contributed by atoms with Crippen molar-refractivity contribution in [2.75, 3.05) is 23.9 Å². The summed E-state index contributed by atoms with van der Waals surface area (Å²) >= 11 is 0. The maximum atomic E-state index is 13.8. The van der Waals surface area contributed by atoms with Crippen molar-refractivity contribution in [2.24, 2.45) is 0 Å². The molecule has 0 aromatic heterocycles. The maximum absolute atomic E-state index is 13.8. The van der Waals surface area contributed by atoms with Crippen LogP contribution in [0.5, 0.6) is 5.75 Å². The standard InChI is InChI=1S/C18H18FN3O3/c1-25-13-8-6-12(7-9-13)20-18(24)21-15-10-11-22(17(15)23)16-5-3-2-4-14(16)19/h2-9,15H,10-11H2,1H3,(H2,20,21,24). The number of methoxy groups -OCH3 is 1. The smallest absolute Gasteiger partial charge is 0.319 e. The van der Waals surface area contributed by atoms with Crippen LogP contribution in [0.15, 0.2) is 48.5 Å². The molecule has 1 heterocycles. The number of nitrogens with one attached hydrogen (secondary N) is 2. The van der Waals surface area contributed by atoms with E-state index in [1.165, 1.54) is 11.0 Å². The highest BCUT2D eigenvalue weighted by molar-refractivity contribution is 6.02. The van der Waals surface area contributed by atoms with Crippen molar-refractivity contribution in [3.8, 4) is 5.75 Å². The number of hydrogen-bond donors (Lipinski definition) is 2. The number of carbonyl (C=O) groups is 2. The lowest BCUT2D eigenvalue weighted by molar-refractivity contribution is -0.118. The summed E-state index contributed by atoms with van der Waals surface area (Å²) < 4.78 is 18.9. The van der Waals surface area contributed by atoms with Crippen molar-refractivity contribution in [1.82, 2.24) is 5.32 Å². The van der Waals surface area contributed by atoms with Crippen LogP contribution in [0, 0.1) is 5.82 Å². The van der Waals surface area contributed by atoms with Gasteiger partial charge in [0.25, 0.3) is 0 Å². The lowest BCUT2D eigenvalue weighted by Gasteiger charge is -2.18. The minimum atomic E-state index is -0.683. The molecule has 1 aliphatic heterocycles. The van der Waals surface area contributed by atoms with Crippen LogP contribution in [0.1, 0.15) is 6.42 Å². The second-order valence-electron chi connectivity index (χ2n) is 5.61. The summed E-state index contributed by atoms with van der Waals surface area (Å²) in [6.07, 6.45) is 0.420. The van der Waals surface area contributed by atoms with Gasteiger partial charge in [-0.25, -0.2) is 9.18 Å². The molecular formula is C18H18FN3O3. The van der Waals surface area contributed by atoms with Crippen LogP contribution in [0.2, 0.25) is 0 Å². The Morgan fingerprint density at radius 3 is 2.60 bits per heavy atom. The van der Waals surface area contributed by atoms with Crippen LogP contribution < -0.4 is 20.3 Å². The predicted molar refractivity (Wildman–Crippen MR) is 92.3 cm³/mol. The zero-order valence-electron chi connectivity index (χ0n) is 13.7. The predicted octanol–water partition coefficient (Wildman–Crippen LogP) is 2.76. The Morgan fingerprint density at radius 1 is 1.20 bits per heavy atom. The summed E-state index contributed by atoms with van der Waals surface area (Å²) in [4.78, 5) is 25.9. The third-order valence-corrected chi connectivity index (χ3v) is 4.00. The number of ether oxygens (including phenoxy) is 1. The lowest BCUT2D eigenvalue weighted by Crippen LogP contribution is -2.43. The van der Waals surface area contributed by atoms with E-state index in [0.717, 1.165) is 0 Å². The van der Waals surface area contributed by atoms with Gasteiger partial charge in [-0.2, -0.15) is 0 Å². The largest absolute Gasteiger partial charge is 0.497 e. The van der Waals surface area contributed by atoms with Gasteiger partial charge >= 0.3 is 6.03 Å². The van der Waals surface area contributed by atoms with Crippen molar-refractivity contribution in [1.29, 1.82) is 0 Å². The van der Waals surface area contributed by atoms with E-state index in [9.17, 15) is 14.0 Å². The van der Waals surface area contributed by atoms with Gasteiger partial charge in [0.2, 0.25) is 5.91 Å². The van der Waals surface area contributed by atoms with Gasteiger partial charge in [0.15, 0.2) is 0 Å². The quantitative estimate of drug-likeness (QED) is 0.897. The fraction of sp³-hybridized carbons (Fsp3) is 0.222. The number of hydrogen-bond acceptors (Lipinski definition) is 3. The minimum absolute atomic E-state index is 0.229. The first-order valence-corrected chi connectivity index (χ1v) is 7.86.